The van der Waals surface area contributed by atoms with Crippen LogP contribution in [0, 0.1) is 0 Å². The first-order valence-electron chi connectivity index (χ1n) is 8.44. The molecule has 0 radical (unpaired) electrons. The monoisotopic (exact) mass is 358 g/mol. The van der Waals surface area contributed by atoms with E-state index in [1.807, 2.05) is 24.3 Å². The predicted octanol–water partition coefficient (Wildman–Crippen LogP) is 2.14. The number of aliphatic carboxylic acids is 1. The molecule has 8 heteroatoms. The second-order valence-electron chi connectivity index (χ2n) is 7.19. The fourth-order valence-electron chi connectivity index (χ4n) is 2.85. The van der Waals surface area contributed by atoms with Crippen molar-refractivity contribution < 1.29 is 19.4 Å². The largest absolute Gasteiger partial charge is 0.480 e. The van der Waals surface area contributed by atoms with Crippen LogP contribution in [0.3, 0.4) is 0 Å². The van der Waals surface area contributed by atoms with Gasteiger partial charge in [0, 0.05) is 13.1 Å². The normalized spacial score (nSPS) is 18.0. The van der Waals surface area contributed by atoms with Crippen LogP contribution in [0.1, 0.15) is 20.8 Å². The molecule has 0 saturated carbocycles. The Bertz CT molecular complexity index is 833. The molecule has 0 bridgehead atoms. The Labute approximate surface area is 151 Å². The lowest BCUT2D eigenvalue weighted by Gasteiger charge is -2.40. The summed E-state index contributed by atoms with van der Waals surface area (Å²) in [6, 6.07) is 6.50. The molecule has 1 aromatic carbocycles. The van der Waals surface area contributed by atoms with Gasteiger partial charge in [0.2, 0.25) is 0 Å². The molecule has 2 aromatic rings. The van der Waals surface area contributed by atoms with Crippen LogP contribution in [-0.4, -0.2) is 63.3 Å². The Morgan fingerprint density at radius 1 is 1.19 bits per heavy atom. The Balaban J connectivity index is 1.82. The van der Waals surface area contributed by atoms with Crippen molar-refractivity contribution in [2.75, 3.05) is 24.5 Å². The average molecular weight is 358 g/mol. The number of carbonyl (C=O) groups excluding carboxylic acids is 1. The first-order valence-corrected chi connectivity index (χ1v) is 8.44. The highest BCUT2D eigenvalue weighted by Gasteiger charge is 2.36. The molecule has 8 nitrogen and oxygen atoms in total. The number of benzene rings is 1. The summed E-state index contributed by atoms with van der Waals surface area (Å²) in [5, 5.41) is 9.65. The highest BCUT2D eigenvalue weighted by molar-refractivity contribution is 5.81. The number of carboxylic acids is 1. The maximum absolute atomic E-state index is 12.3. The number of anilines is 1. The quantitative estimate of drug-likeness (QED) is 0.878. The molecule has 138 valence electrons. The van der Waals surface area contributed by atoms with Crippen LogP contribution < -0.4 is 4.90 Å². The molecule has 1 amide bonds. The van der Waals surface area contributed by atoms with E-state index in [0.29, 0.717) is 24.4 Å². The van der Waals surface area contributed by atoms with Crippen molar-refractivity contribution in [2.24, 2.45) is 0 Å². The number of aromatic nitrogens is 2. The smallest absolute Gasteiger partial charge is 0.410 e. The van der Waals surface area contributed by atoms with Crippen LogP contribution in [0.15, 0.2) is 30.5 Å². The van der Waals surface area contributed by atoms with Gasteiger partial charge in [0.25, 0.3) is 0 Å². The van der Waals surface area contributed by atoms with Crippen molar-refractivity contribution in [1.29, 1.82) is 0 Å². The van der Waals surface area contributed by atoms with E-state index < -0.39 is 23.7 Å². The van der Waals surface area contributed by atoms with Crippen LogP contribution in [0.5, 0.6) is 0 Å². The van der Waals surface area contributed by atoms with Gasteiger partial charge < -0.3 is 19.6 Å². The lowest BCUT2D eigenvalue weighted by Crippen LogP contribution is -2.58. The van der Waals surface area contributed by atoms with Gasteiger partial charge in [0.05, 0.1) is 23.8 Å². The summed E-state index contributed by atoms with van der Waals surface area (Å²) < 4.78 is 5.35. The molecule has 0 spiro atoms. The topological polar surface area (TPSA) is 95.9 Å². The number of rotatable bonds is 2. The number of carboxylic acid groups (broad SMARTS) is 1. The predicted molar refractivity (Wildman–Crippen MR) is 96.1 cm³/mol. The molecule has 1 atom stereocenters. The zero-order valence-electron chi connectivity index (χ0n) is 15.0. The van der Waals surface area contributed by atoms with Gasteiger partial charge in [-0.1, -0.05) is 12.1 Å². The summed E-state index contributed by atoms with van der Waals surface area (Å²) in [4.78, 5) is 36.0. The average Bonchev–Trinajstić information content (AvgIpc) is 2.59. The molecular formula is C18H22N4O4. The van der Waals surface area contributed by atoms with E-state index in [0.717, 1.165) is 5.52 Å². The zero-order valence-corrected chi connectivity index (χ0v) is 15.0. The lowest BCUT2D eigenvalue weighted by molar-refractivity contribution is -0.139. The highest BCUT2D eigenvalue weighted by atomic mass is 16.6. The second kappa shape index (κ2) is 6.78. The molecule has 3 rings (SSSR count). The Morgan fingerprint density at radius 2 is 1.88 bits per heavy atom. The van der Waals surface area contributed by atoms with Crippen molar-refractivity contribution in [3.63, 3.8) is 0 Å². The van der Waals surface area contributed by atoms with E-state index in [1.54, 1.807) is 31.9 Å². The number of piperazine rings is 1. The number of hydrogen-bond acceptors (Lipinski definition) is 6. The number of amides is 1. The lowest BCUT2D eigenvalue weighted by atomic mass is 10.1. The van der Waals surface area contributed by atoms with Crippen LogP contribution in [-0.2, 0) is 9.53 Å². The fraction of sp³-hybridized carbons (Fsp3) is 0.444. The molecule has 1 N–H and O–H groups in total. The van der Waals surface area contributed by atoms with Gasteiger partial charge in [-0.2, -0.15) is 0 Å². The minimum atomic E-state index is -1.02. The molecule has 1 aliphatic heterocycles. The van der Waals surface area contributed by atoms with Crippen molar-refractivity contribution in [3.05, 3.63) is 30.5 Å². The Kier molecular flexibility index (Phi) is 4.67. The van der Waals surface area contributed by atoms with E-state index in [-0.39, 0.29) is 6.54 Å². The molecule has 0 unspecified atom stereocenters. The highest BCUT2D eigenvalue weighted by Crippen LogP contribution is 2.22. The summed E-state index contributed by atoms with van der Waals surface area (Å²) in [5.74, 6) is -0.534. The summed E-state index contributed by atoms with van der Waals surface area (Å²) in [5.41, 5.74) is 0.816. The van der Waals surface area contributed by atoms with E-state index >= 15 is 0 Å². The van der Waals surface area contributed by atoms with Crippen molar-refractivity contribution >= 4 is 28.9 Å². The van der Waals surface area contributed by atoms with Crippen molar-refractivity contribution in [1.82, 2.24) is 14.9 Å². The maximum Gasteiger partial charge on any atom is 0.410 e. The van der Waals surface area contributed by atoms with Gasteiger partial charge in [0.1, 0.15) is 17.5 Å². The first-order chi connectivity index (χ1) is 12.2. The number of nitrogens with zero attached hydrogens (tertiary/aromatic N) is 4. The molecule has 1 aromatic heterocycles. The van der Waals surface area contributed by atoms with Crippen LogP contribution in [0.2, 0.25) is 0 Å². The summed E-state index contributed by atoms with van der Waals surface area (Å²) in [6.45, 7) is 6.05. The molecule has 1 fully saturated rings. The van der Waals surface area contributed by atoms with Gasteiger partial charge in [-0.05, 0) is 32.9 Å². The third-order valence-electron chi connectivity index (χ3n) is 4.05. The minimum absolute atomic E-state index is 0.0265. The summed E-state index contributed by atoms with van der Waals surface area (Å²) >= 11 is 0. The fourth-order valence-corrected chi connectivity index (χ4v) is 2.85. The maximum atomic E-state index is 12.3. The molecular weight excluding hydrogens is 336 g/mol. The van der Waals surface area contributed by atoms with Crippen LogP contribution >= 0.6 is 0 Å². The minimum Gasteiger partial charge on any atom is -0.480 e. The third-order valence-corrected chi connectivity index (χ3v) is 4.05. The zero-order chi connectivity index (χ0) is 18.9. The van der Waals surface area contributed by atoms with Crippen molar-refractivity contribution in [3.8, 4) is 0 Å². The second-order valence-corrected chi connectivity index (χ2v) is 7.19. The molecule has 26 heavy (non-hydrogen) atoms. The SMILES string of the molecule is CC(C)(C)OC(=O)N1CCN(c2cnc3ccccc3n2)[C@H](C(=O)O)C1. The number of fused-ring (bicyclic) bond motifs is 1. The van der Waals surface area contributed by atoms with Crippen LogP contribution in [0.25, 0.3) is 11.0 Å². The van der Waals surface area contributed by atoms with E-state index in [9.17, 15) is 14.7 Å². The number of hydrogen-bond donors (Lipinski definition) is 1. The Hall–Kier alpha value is -2.90. The van der Waals surface area contributed by atoms with Gasteiger partial charge in [-0.3, -0.25) is 4.98 Å². The van der Waals surface area contributed by atoms with Crippen molar-refractivity contribution in [2.45, 2.75) is 32.4 Å². The number of para-hydroxylation sites is 2. The van der Waals surface area contributed by atoms with Gasteiger partial charge in [-0.15, -0.1) is 0 Å². The molecule has 2 heterocycles. The molecule has 0 aliphatic carbocycles. The number of carbonyl (C=O) groups is 2. The molecule has 1 saturated heterocycles. The summed E-state index contributed by atoms with van der Waals surface area (Å²) in [6.07, 6.45) is 1.06. The van der Waals surface area contributed by atoms with Gasteiger partial charge in [0.15, 0.2) is 0 Å². The Morgan fingerprint density at radius 3 is 2.54 bits per heavy atom. The van der Waals surface area contributed by atoms with E-state index in [1.165, 1.54) is 4.90 Å². The molecule has 1 aliphatic rings. The van der Waals surface area contributed by atoms with Gasteiger partial charge in [-0.25, -0.2) is 14.6 Å². The third kappa shape index (κ3) is 3.84. The van der Waals surface area contributed by atoms with Gasteiger partial charge >= 0.3 is 12.1 Å². The summed E-state index contributed by atoms with van der Waals surface area (Å²) in [7, 11) is 0. The van der Waals surface area contributed by atoms with Crippen LogP contribution in [0.4, 0.5) is 10.6 Å². The van der Waals surface area contributed by atoms with E-state index in [2.05, 4.69) is 9.97 Å². The standard InChI is InChI=1S/C18H22N4O4/c1-18(2,3)26-17(25)21-8-9-22(14(11-21)16(23)24)15-10-19-12-6-4-5-7-13(12)20-15/h4-7,10,14H,8-9,11H2,1-3H3,(H,23,24)/t14-/m0/s1. The number of ether oxygens (including phenoxy) is 1. The van der Waals surface area contributed by atoms with E-state index in [4.69, 9.17) is 4.74 Å². The first kappa shape index (κ1) is 17.9.